The Morgan fingerprint density at radius 1 is 0.952 bits per heavy atom. The minimum Gasteiger partial charge on any atom is -0.465 e. The SMILES string of the molecule is CC(C)(C)C(C)(C(=O)OCC1CCC(O)CC1)C(C)(C)C. The first-order valence-corrected chi connectivity index (χ1v) is 8.25. The molecule has 1 rings (SSSR count). The van der Waals surface area contributed by atoms with Crippen molar-refractivity contribution in [2.45, 2.75) is 80.3 Å². The fourth-order valence-electron chi connectivity index (χ4n) is 3.39. The van der Waals surface area contributed by atoms with Crippen molar-refractivity contribution in [2.24, 2.45) is 22.2 Å². The highest BCUT2D eigenvalue weighted by Gasteiger charge is 2.53. The summed E-state index contributed by atoms with van der Waals surface area (Å²) in [5.41, 5.74) is -0.857. The van der Waals surface area contributed by atoms with E-state index in [2.05, 4.69) is 41.5 Å². The number of aliphatic hydroxyl groups excluding tert-OH is 1. The Morgan fingerprint density at radius 3 is 1.76 bits per heavy atom. The van der Waals surface area contributed by atoms with Crippen LogP contribution in [0.1, 0.15) is 74.1 Å². The van der Waals surface area contributed by atoms with Gasteiger partial charge in [0, 0.05) is 0 Å². The maximum absolute atomic E-state index is 12.8. The highest BCUT2D eigenvalue weighted by atomic mass is 16.5. The zero-order chi connectivity index (χ0) is 16.5. The van der Waals surface area contributed by atoms with Crippen molar-refractivity contribution in [2.75, 3.05) is 6.61 Å². The van der Waals surface area contributed by atoms with Crippen molar-refractivity contribution < 1.29 is 14.6 Å². The van der Waals surface area contributed by atoms with Crippen LogP contribution in [0.2, 0.25) is 0 Å². The van der Waals surface area contributed by atoms with Gasteiger partial charge in [0.1, 0.15) is 0 Å². The molecule has 0 heterocycles. The van der Waals surface area contributed by atoms with Crippen LogP contribution >= 0.6 is 0 Å². The summed E-state index contributed by atoms with van der Waals surface area (Å²) in [5, 5.41) is 9.54. The van der Waals surface area contributed by atoms with Gasteiger partial charge in [-0.25, -0.2) is 0 Å². The number of aliphatic hydroxyl groups is 1. The summed E-state index contributed by atoms with van der Waals surface area (Å²) in [4.78, 5) is 12.8. The lowest BCUT2D eigenvalue weighted by Crippen LogP contribution is -2.51. The number of hydrogen-bond acceptors (Lipinski definition) is 3. The molecule has 0 unspecified atom stereocenters. The first kappa shape index (κ1) is 18.5. The molecule has 1 saturated carbocycles. The van der Waals surface area contributed by atoms with E-state index < -0.39 is 5.41 Å². The Morgan fingerprint density at radius 2 is 1.38 bits per heavy atom. The second-order valence-electron chi connectivity index (χ2n) is 8.90. The number of rotatable bonds is 3. The van der Waals surface area contributed by atoms with Crippen LogP contribution in [0.4, 0.5) is 0 Å². The Labute approximate surface area is 130 Å². The van der Waals surface area contributed by atoms with E-state index in [4.69, 9.17) is 4.74 Å². The molecular formula is C18H34O3. The van der Waals surface area contributed by atoms with Crippen molar-refractivity contribution in [1.29, 1.82) is 0 Å². The van der Waals surface area contributed by atoms with Crippen LogP contribution in [-0.4, -0.2) is 23.8 Å². The second kappa shape index (κ2) is 6.28. The van der Waals surface area contributed by atoms with E-state index in [1.54, 1.807) is 0 Å². The molecule has 3 nitrogen and oxygen atoms in total. The Hall–Kier alpha value is -0.570. The van der Waals surface area contributed by atoms with Gasteiger partial charge in [0.15, 0.2) is 0 Å². The summed E-state index contributed by atoms with van der Waals surface area (Å²) in [6.45, 7) is 15.2. The molecule has 3 heteroatoms. The summed E-state index contributed by atoms with van der Waals surface area (Å²) in [7, 11) is 0. The number of hydrogen-bond donors (Lipinski definition) is 1. The average molecular weight is 298 g/mol. The molecule has 0 saturated heterocycles. The van der Waals surface area contributed by atoms with Gasteiger partial charge in [-0.3, -0.25) is 4.79 Å². The topological polar surface area (TPSA) is 46.5 Å². The van der Waals surface area contributed by atoms with E-state index in [0.29, 0.717) is 12.5 Å². The van der Waals surface area contributed by atoms with Gasteiger partial charge >= 0.3 is 5.97 Å². The third-order valence-corrected chi connectivity index (χ3v) is 5.67. The van der Waals surface area contributed by atoms with Gasteiger partial charge in [-0.2, -0.15) is 0 Å². The predicted octanol–water partition coefficient (Wildman–Crippen LogP) is 4.18. The third-order valence-electron chi connectivity index (χ3n) is 5.67. The zero-order valence-electron chi connectivity index (χ0n) is 15.0. The molecule has 0 amide bonds. The Bertz CT molecular complexity index is 338. The Kier molecular flexibility index (Phi) is 5.52. The monoisotopic (exact) mass is 298 g/mol. The summed E-state index contributed by atoms with van der Waals surface area (Å²) >= 11 is 0. The average Bonchev–Trinajstić information content (AvgIpc) is 2.34. The van der Waals surface area contributed by atoms with Crippen LogP contribution in [0, 0.1) is 22.2 Å². The highest BCUT2D eigenvalue weighted by Crippen LogP contribution is 2.52. The molecule has 124 valence electrons. The molecule has 0 bridgehead atoms. The van der Waals surface area contributed by atoms with Crippen molar-refractivity contribution in [3.63, 3.8) is 0 Å². The molecule has 0 aromatic rings. The predicted molar refractivity (Wildman–Crippen MR) is 85.9 cm³/mol. The van der Waals surface area contributed by atoms with Crippen LogP contribution < -0.4 is 0 Å². The molecule has 0 atom stereocenters. The van der Waals surface area contributed by atoms with Gasteiger partial charge in [-0.1, -0.05) is 41.5 Å². The van der Waals surface area contributed by atoms with E-state index in [1.807, 2.05) is 6.92 Å². The van der Waals surface area contributed by atoms with E-state index in [-0.39, 0.29) is 22.9 Å². The van der Waals surface area contributed by atoms with Crippen LogP contribution in [-0.2, 0) is 9.53 Å². The van der Waals surface area contributed by atoms with E-state index >= 15 is 0 Å². The lowest BCUT2D eigenvalue weighted by Gasteiger charge is -2.49. The smallest absolute Gasteiger partial charge is 0.312 e. The quantitative estimate of drug-likeness (QED) is 0.795. The highest BCUT2D eigenvalue weighted by molar-refractivity contribution is 5.78. The molecule has 0 radical (unpaired) electrons. The molecule has 0 spiro atoms. The maximum atomic E-state index is 12.8. The fourth-order valence-corrected chi connectivity index (χ4v) is 3.39. The minimum absolute atomic E-state index is 0.0892. The van der Waals surface area contributed by atoms with Crippen molar-refractivity contribution in [3.8, 4) is 0 Å². The lowest BCUT2D eigenvalue weighted by molar-refractivity contribution is -0.174. The van der Waals surface area contributed by atoms with Crippen LogP contribution in [0.15, 0.2) is 0 Å². The maximum Gasteiger partial charge on any atom is 0.312 e. The zero-order valence-corrected chi connectivity index (χ0v) is 15.0. The molecule has 21 heavy (non-hydrogen) atoms. The van der Waals surface area contributed by atoms with Gasteiger partial charge in [-0.15, -0.1) is 0 Å². The molecule has 1 aliphatic rings. The molecule has 0 aromatic heterocycles. The molecule has 0 aromatic carbocycles. The lowest BCUT2D eigenvalue weighted by atomic mass is 9.55. The largest absolute Gasteiger partial charge is 0.465 e. The minimum atomic E-state index is -0.534. The molecule has 0 aliphatic heterocycles. The van der Waals surface area contributed by atoms with Crippen LogP contribution in [0.3, 0.4) is 0 Å². The fraction of sp³-hybridized carbons (Fsp3) is 0.944. The van der Waals surface area contributed by atoms with Crippen molar-refractivity contribution in [1.82, 2.24) is 0 Å². The van der Waals surface area contributed by atoms with E-state index in [1.165, 1.54) is 0 Å². The summed E-state index contributed by atoms with van der Waals surface area (Å²) in [6, 6.07) is 0. The number of esters is 1. The van der Waals surface area contributed by atoms with Crippen molar-refractivity contribution >= 4 is 5.97 Å². The van der Waals surface area contributed by atoms with E-state index in [9.17, 15) is 9.90 Å². The second-order valence-corrected chi connectivity index (χ2v) is 8.90. The molecular weight excluding hydrogens is 264 g/mol. The number of carbonyl (C=O) groups excluding carboxylic acids is 1. The van der Waals surface area contributed by atoms with Crippen molar-refractivity contribution in [3.05, 3.63) is 0 Å². The van der Waals surface area contributed by atoms with Crippen LogP contribution in [0.25, 0.3) is 0 Å². The summed E-state index contributed by atoms with van der Waals surface area (Å²) in [5.74, 6) is 0.315. The standard InChI is InChI=1S/C18H34O3/c1-16(2,3)18(7,17(4,5)6)15(20)21-12-13-8-10-14(19)11-9-13/h13-14,19H,8-12H2,1-7H3. The number of carbonyl (C=O) groups is 1. The Balaban J connectivity index is 2.71. The van der Waals surface area contributed by atoms with Gasteiger partial charge in [-0.05, 0) is 49.4 Å². The van der Waals surface area contributed by atoms with Gasteiger partial charge in [0.05, 0.1) is 18.1 Å². The van der Waals surface area contributed by atoms with Crippen LogP contribution in [0.5, 0.6) is 0 Å². The molecule has 1 fully saturated rings. The first-order valence-electron chi connectivity index (χ1n) is 8.25. The summed E-state index contributed by atoms with van der Waals surface area (Å²) in [6.07, 6.45) is 3.41. The molecule has 1 N–H and O–H groups in total. The molecule has 1 aliphatic carbocycles. The van der Waals surface area contributed by atoms with Gasteiger partial charge in [0.25, 0.3) is 0 Å². The van der Waals surface area contributed by atoms with Gasteiger partial charge < -0.3 is 9.84 Å². The summed E-state index contributed by atoms with van der Waals surface area (Å²) < 4.78 is 5.71. The normalized spacial score (nSPS) is 24.8. The first-order chi connectivity index (χ1) is 9.39. The number of ether oxygens (including phenoxy) is 1. The van der Waals surface area contributed by atoms with Gasteiger partial charge in [0.2, 0.25) is 0 Å². The van der Waals surface area contributed by atoms with E-state index in [0.717, 1.165) is 25.7 Å². The third kappa shape index (κ3) is 4.00.